The van der Waals surface area contributed by atoms with Crippen molar-refractivity contribution in [3.05, 3.63) is 35.9 Å². The Bertz CT molecular complexity index is 801. The molecule has 8 N–H and O–H groups in total. The van der Waals surface area contributed by atoms with E-state index in [1.807, 2.05) is 0 Å². The first kappa shape index (κ1) is 28.0. The summed E-state index contributed by atoms with van der Waals surface area (Å²) in [5, 5.41) is 35.6. The van der Waals surface area contributed by atoms with E-state index in [4.69, 9.17) is 5.73 Å². The third kappa shape index (κ3) is 9.56. The number of carboxylic acid groups (broad SMARTS) is 1. The summed E-state index contributed by atoms with van der Waals surface area (Å²) in [6.45, 7) is 4.13. The molecule has 0 spiro atoms. The number of nitrogens with one attached hydrogen (secondary N) is 3. The van der Waals surface area contributed by atoms with Gasteiger partial charge in [-0.25, -0.2) is 4.79 Å². The summed E-state index contributed by atoms with van der Waals surface area (Å²) in [4.78, 5) is 49.2. The van der Waals surface area contributed by atoms with Gasteiger partial charge >= 0.3 is 5.97 Å². The molecule has 184 valence electrons. The Morgan fingerprint density at radius 2 is 1.39 bits per heavy atom. The molecule has 11 heteroatoms. The lowest BCUT2D eigenvalue weighted by molar-refractivity contribution is -0.143. The van der Waals surface area contributed by atoms with Gasteiger partial charge in [-0.1, -0.05) is 44.2 Å². The lowest BCUT2D eigenvalue weighted by Gasteiger charge is -2.25. The highest BCUT2D eigenvalue weighted by Crippen LogP contribution is 2.07. The molecule has 0 aliphatic heterocycles. The van der Waals surface area contributed by atoms with Crippen molar-refractivity contribution in [3.63, 3.8) is 0 Å². The summed E-state index contributed by atoms with van der Waals surface area (Å²) in [6, 6.07) is 3.68. The molecule has 0 heterocycles. The summed E-state index contributed by atoms with van der Waals surface area (Å²) >= 11 is 0. The van der Waals surface area contributed by atoms with Gasteiger partial charge in [-0.2, -0.15) is 0 Å². The number of nitrogens with two attached hydrogens (primary N) is 1. The number of carbonyl (C=O) groups is 4. The van der Waals surface area contributed by atoms with Crippen LogP contribution in [0, 0.1) is 5.92 Å². The van der Waals surface area contributed by atoms with Crippen LogP contribution in [0.3, 0.4) is 0 Å². The summed E-state index contributed by atoms with van der Waals surface area (Å²) < 4.78 is 0. The van der Waals surface area contributed by atoms with E-state index in [9.17, 15) is 34.5 Å². The number of aliphatic hydroxyl groups is 2. The van der Waals surface area contributed by atoms with Crippen LogP contribution in [0.4, 0.5) is 0 Å². The van der Waals surface area contributed by atoms with Crippen LogP contribution in [-0.4, -0.2) is 75.9 Å². The smallest absolute Gasteiger partial charge is 0.326 e. The molecule has 0 fully saturated rings. The number of aliphatic hydroxyl groups excluding tert-OH is 2. The van der Waals surface area contributed by atoms with Gasteiger partial charge in [0, 0.05) is 6.42 Å². The molecule has 0 aliphatic carbocycles. The molecule has 0 saturated heterocycles. The van der Waals surface area contributed by atoms with Crippen molar-refractivity contribution in [1.29, 1.82) is 0 Å². The fraction of sp³-hybridized carbons (Fsp3) is 0.545. The molecule has 0 bridgehead atoms. The Morgan fingerprint density at radius 3 is 1.88 bits per heavy atom. The quantitative estimate of drug-likeness (QED) is 0.183. The van der Waals surface area contributed by atoms with Crippen molar-refractivity contribution in [2.24, 2.45) is 11.7 Å². The summed E-state index contributed by atoms with van der Waals surface area (Å²) in [5.74, 6) is -3.67. The molecule has 5 atom stereocenters. The van der Waals surface area contributed by atoms with E-state index in [0.717, 1.165) is 0 Å². The predicted molar refractivity (Wildman–Crippen MR) is 120 cm³/mol. The van der Waals surface area contributed by atoms with Crippen LogP contribution in [0.1, 0.15) is 32.8 Å². The van der Waals surface area contributed by atoms with Crippen LogP contribution in [0.5, 0.6) is 0 Å². The van der Waals surface area contributed by atoms with Crippen LogP contribution >= 0.6 is 0 Å². The molecule has 0 aliphatic rings. The van der Waals surface area contributed by atoms with E-state index < -0.39 is 60.6 Å². The van der Waals surface area contributed by atoms with Gasteiger partial charge in [0.05, 0.1) is 12.7 Å². The average molecular weight is 467 g/mol. The van der Waals surface area contributed by atoms with E-state index in [1.54, 1.807) is 44.2 Å². The van der Waals surface area contributed by atoms with E-state index >= 15 is 0 Å². The van der Waals surface area contributed by atoms with Crippen molar-refractivity contribution in [1.82, 2.24) is 16.0 Å². The molecular weight excluding hydrogens is 432 g/mol. The molecule has 1 aromatic rings. The van der Waals surface area contributed by atoms with Gasteiger partial charge in [0.2, 0.25) is 17.7 Å². The minimum Gasteiger partial charge on any atom is -0.480 e. The number of carbonyl (C=O) groups excluding carboxylic acids is 3. The van der Waals surface area contributed by atoms with Gasteiger partial charge in [-0.3, -0.25) is 14.4 Å². The second-order valence-electron chi connectivity index (χ2n) is 8.29. The van der Waals surface area contributed by atoms with Gasteiger partial charge in [-0.05, 0) is 24.8 Å². The fourth-order valence-corrected chi connectivity index (χ4v) is 2.98. The minimum absolute atomic E-state index is 0.0165. The molecule has 1 aromatic carbocycles. The van der Waals surface area contributed by atoms with Crippen molar-refractivity contribution in [2.75, 3.05) is 6.61 Å². The first-order valence-corrected chi connectivity index (χ1v) is 10.7. The van der Waals surface area contributed by atoms with E-state index in [1.165, 1.54) is 6.92 Å². The third-order valence-corrected chi connectivity index (χ3v) is 4.88. The highest BCUT2D eigenvalue weighted by atomic mass is 16.4. The summed E-state index contributed by atoms with van der Waals surface area (Å²) in [5.41, 5.74) is 6.35. The van der Waals surface area contributed by atoms with Gasteiger partial charge < -0.3 is 37.0 Å². The third-order valence-electron chi connectivity index (χ3n) is 4.88. The number of hydrogen-bond acceptors (Lipinski definition) is 7. The molecule has 33 heavy (non-hydrogen) atoms. The van der Waals surface area contributed by atoms with Crippen molar-refractivity contribution in [3.8, 4) is 0 Å². The second-order valence-corrected chi connectivity index (χ2v) is 8.29. The fourth-order valence-electron chi connectivity index (χ4n) is 2.98. The maximum atomic E-state index is 12.9. The molecule has 0 radical (unpaired) electrons. The largest absolute Gasteiger partial charge is 0.480 e. The molecule has 3 amide bonds. The van der Waals surface area contributed by atoms with E-state index in [0.29, 0.717) is 5.56 Å². The SMILES string of the molecule is CC(C)CC(NC(=O)C(CO)NC(=O)C(Cc1ccccc1)NC(=O)C(N)C(C)O)C(=O)O. The molecule has 0 saturated carbocycles. The van der Waals surface area contributed by atoms with Crippen LogP contribution in [0.2, 0.25) is 0 Å². The molecule has 1 rings (SSSR count). The van der Waals surface area contributed by atoms with Crippen molar-refractivity contribution < 1.29 is 34.5 Å². The minimum atomic E-state index is -1.44. The number of amides is 3. The molecule has 0 aromatic heterocycles. The predicted octanol–water partition coefficient (Wildman–Crippen LogP) is -1.49. The summed E-state index contributed by atoms with van der Waals surface area (Å²) in [6.07, 6.45) is -0.942. The Kier molecular flexibility index (Phi) is 11.5. The zero-order valence-corrected chi connectivity index (χ0v) is 19.0. The first-order valence-electron chi connectivity index (χ1n) is 10.7. The number of aliphatic carboxylic acids is 1. The maximum absolute atomic E-state index is 12.9. The normalized spacial score (nSPS) is 15.6. The number of hydrogen-bond donors (Lipinski definition) is 7. The Balaban J connectivity index is 2.98. The van der Waals surface area contributed by atoms with Crippen LogP contribution in [0.25, 0.3) is 0 Å². The van der Waals surface area contributed by atoms with Gasteiger partial charge in [0.25, 0.3) is 0 Å². The Morgan fingerprint density at radius 1 is 0.879 bits per heavy atom. The summed E-state index contributed by atoms with van der Waals surface area (Å²) in [7, 11) is 0. The highest BCUT2D eigenvalue weighted by Gasteiger charge is 2.31. The van der Waals surface area contributed by atoms with E-state index in [-0.39, 0.29) is 18.8 Å². The zero-order chi connectivity index (χ0) is 25.1. The van der Waals surface area contributed by atoms with Crippen molar-refractivity contribution >= 4 is 23.7 Å². The van der Waals surface area contributed by atoms with Gasteiger partial charge in [0.15, 0.2) is 0 Å². The maximum Gasteiger partial charge on any atom is 0.326 e. The van der Waals surface area contributed by atoms with Crippen LogP contribution < -0.4 is 21.7 Å². The molecule has 5 unspecified atom stereocenters. The lowest BCUT2D eigenvalue weighted by Crippen LogP contribution is -2.59. The van der Waals surface area contributed by atoms with E-state index in [2.05, 4.69) is 16.0 Å². The van der Waals surface area contributed by atoms with Gasteiger partial charge in [0.1, 0.15) is 24.2 Å². The topological polar surface area (TPSA) is 191 Å². The molecule has 11 nitrogen and oxygen atoms in total. The highest BCUT2D eigenvalue weighted by molar-refractivity contribution is 5.94. The Labute approximate surface area is 192 Å². The first-order chi connectivity index (χ1) is 15.5. The average Bonchev–Trinajstić information content (AvgIpc) is 2.75. The van der Waals surface area contributed by atoms with Crippen molar-refractivity contribution in [2.45, 2.75) is 63.9 Å². The number of benzene rings is 1. The van der Waals surface area contributed by atoms with Crippen LogP contribution in [0.15, 0.2) is 30.3 Å². The lowest BCUT2D eigenvalue weighted by atomic mass is 10.0. The molecular formula is C22H34N4O7. The zero-order valence-electron chi connectivity index (χ0n) is 19.0. The number of carboxylic acids is 1. The Hall–Kier alpha value is -3.02. The number of rotatable bonds is 13. The monoisotopic (exact) mass is 466 g/mol. The standard InChI is InChI=1S/C22H34N4O7/c1-12(2)9-16(22(32)33)25-20(30)17(11-27)26-19(29)15(10-14-7-5-4-6-8-14)24-21(31)18(23)13(3)28/h4-8,12-13,15-18,27-28H,9-11,23H2,1-3H3,(H,24,31)(H,25,30)(H,26,29)(H,32,33). The van der Waals surface area contributed by atoms with Gasteiger partial charge in [-0.15, -0.1) is 0 Å². The second kappa shape index (κ2) is 13.5. The van der Waals surface area contributed by atoms with Crippen LogP contribution in [-0.2, 0) is 25.6 Å².